The van der Waals surface area contributed by atoms with Crippen molar-refractivity contribution in [2.75, 3.05) is 16.9 Å². The van der Waals surface area contributed by atoms with Gasteiger partial charge in [-0.05, 0) is 25.5 Å². The molecule has 1 saturated heterocycles. The number of hydrogen-bond acceptors (Lipinski definition) is 4. The van der Waals surface area contributed by atoms with Gasteiger partial charge < -0.3 is 10.2 Å². The average molecular weight is 305 g/mol. The van der Waals surface area contributed by atoms with E-state index in [2.05, 4.69) is 10.3 Å². The molecule has 1 aliphatic rings. The molecule has 0 radical (unpaired) electrons. The summed E-state index contributed by atoms with van der Waals surface area (Å²) in [4.78, 5) is 30.4. The zero-order valence-electron chi connectivity index (χ0n) is 12.2. The Bertz CT molecular complexity index is 545. The standard InChI is InChI=1S/C15H19N3O2S/c1-3-6-11(2)15(20)18-10-21-9-12(18)14(19)17-13-7-4-5-8-16-13/h4-8,12H,3,9-10H2,1-2H3,(H,16,17,19)/b11-6+/t12-/m0/s1. The van der Waals surface area contributed by atoms with Gasteiger partial charge in [0.25, 0.3) is 5.91 Å². The third-order valence-electron chi connectivity index (χ3n) is 3.21. The lowest BCUT2D eigenvalue weighted by Crippen LogP contribution is -2.44. The van der Waals surface area contributed by atoms with Crippen LogP contribution in [0.3, 0.4) is 0 Å². The number of aromatic nitrogens is 1. The number of allylic oxidation sites excluding steroid dienone is 1. The molecule has 2 heterocycles. The van der Waals surface area contributed by atoms with E-state index in [0.717, 1.165) is 6.42 Å². The molecule has 0 spiro atoms. The molecular formula is C15H19N3O2S. The lowest BCUT2D eigenvalue weighted by Gasteiger charge is -2.23. The van der Waals surface area contributed by atoms with Crippen molar-refractivity contribution in [2.24, 2.45) is 0 Å². The summed E-state index contributed by atoms with van der Waals surface area (Å²) in [5.74, 6) is 1.42. The normalized spacial score (nSPS) is 18.7. The highest BCUT2D eigenvalue weighted by Gasteiger charge is 2.35. The van der Waals surface area contributed by atoms with Crippen LogP contribution in [0.1, 0.15) is 20.3 Å². The minimum atomic E-state index is -0.440. The molecule has 0 aliphatic carbocycles. The predicted octanol–water partition coefficient (Wildman–Crippen LogP) is 2.28. The van der Waals surface area contributed by atoms with Crippen LogP contribution in [0.4, 0.5) is 5.82 Å². The lowest BCUT2D eigenvalue weighted by atomic mass is 10.2. The van der Waals surface area contributed by atoms with Gasteiger partial charge >= 0.3 is 0 Å². The first kappa shape index (κ1) is 15.6. The number of carbonyl (C=O) groups is 2. The van der Waals surface area contributed by atoms with Gasteiger partial charge in [0.05, 0.1) is 5.88 Å². The molecule has 6 heteroatoms. The van der Waals surface area contributed by atoms with Gasteiger partial charge in [-0.25, -0.2) is 4.98 Å². The molecule has 1 aromatic rings. The maximum Gasteiger partial charge on any atom is 0.250 e. The molecule has 0 unspecified atom stereocenters. The van der Waals surface area contributed by atoms with Gasteiger partial charge in [0.2, 0.25) is 5.91 Å². The Morgan fingerprint density at radius 3 is 3.00 bits per heavy atom. The van der Waals surface area contributed by atoms with E-state index in [0.29, 0.717) is 23.0 Å². The van der Waals surface area contributed by atoms with Crippen molar-refractivity contribution in [1.29, 1.82) is 0 Å². The molecule has 1 atom stereocenters. The first-order valence-electron chi connectivity index (χ1n) is 6.91. The zero-order chi connectivity index (χ0) is 15.2. The number of hydrogen-bond donors (Lipinski definition) is 1. The number of nitrogens with zero attached hydrogens (tertiary/aromatic N) is 2. The zero-order valence-corrected chi connectivity index (χ0v) is 13.0. The minimum Gasteiger partial charge on any atom is -0.317 e. The molecule has 1 fully saturated rings. The Balaban J connectivity index is 2.06. The lowest BCUT2D eigenvalue weighted by molar-refractivity contribution is -0.133. The van der Waals surface area contributed by atoms with E-state index >= 15 is 0 Å². The largest absolute Gasteiger partial charge is 0.317 e. The van der Waals surface area contributed by atoms with Crippen molar-refractivity contribution in [1.82, 2.24) is 9.88 Å². The van der Waals surface area contributed by atoms with Crippen LogP contribution in [0.2, 0.25) is 0 Å². The minimum absolute atomic E-state index is 0.0666. The summed E-state index contributed by atoms with van der Waals surface area (Å²) in [6.45, 7) is 3.78. The van der Waals surface area contributed by atoms with Gasteiger partial charge in [-0.1, -0.05) is 19.1 Å². The van der Waals surface area contributed by atoms with Crippen molar-refractivity contribution < 1.29 is 9.59 Å². The van der Waals surface area contributed by atoms with E-state index in [1.165, 1.54) is 0 Å². The van der Waals surface area contributed by atoms with Crippen LogP contribution in [0.25, 0.3) is 0 Å². The van der Waals surface area contributed by atoms with Crippen LogP contribution in [0.5, 0.6) is 0 Å². The van der Waals surface area contributed by atoms with Gasteiger partial charge in [0, 0.05) is 17.5 Å². The van der Waals surface area contributed by atoms with Crippen molar-refractivity contribution in [3.05, 3.63) is 36.0 Å². The molecule has 1 aliphatic heterocycles. The summed E-state index contributed by atoms with van der Waals surface area (Å²) in [5.41, 5.74) is 0.690. The third-order valence-corrected chi connectivity index (χ3v) is 4.22. The van der Waals surface area contributed by atoms with Gasteiger partial charge in [-0.15, -0.1) is 11.8 Å². The SMILES string of the molecule is CC/C=C(\C)C(=O)N1CSC[C@H]1C(=O)Nc1ccccn1. The Morgan fingerprint density at radius 2 is 2.33 bits per heavy atom. The Labute approximate surface area is 128 Å². The van der Waals surface area contributed by atoms with E-state index < -0.39 is 6.04 Å². The third kappa shape index (κ3) is 3.85. The smallest absolute Gasteiger partial charge is 0.250 e. The molecule has 2 rings (SSSR count). The van der Waals surface area contributed by atoms with Crippen LogP contribution >= 0.6 is 11.8 Å². The maximum absolute atomic E-state index is 12.4. The van der Waals surface area contributed by atoms with Crippen molar-refractivity contribution in [2.45, 2.75) is 26.3 Å². The van der Waals surface area contributed by atoms with E-state index in [4.69, 9.17) is 0 Å². The van der Waals surface area contributed by atoms with Gasteiger partial charge in [-0.2, -0.15) is 0 Å². The number of anilines is 1. The Hall–Kier alpha value is -1.82. The van der Waals surface area contributed by atoms with Gasteiger partial charge in [0.15, 0.2) is 0 Å². The highest BCUT2D eigenvalue weighted by molar-refractivity contribution is 7.99. The number of nitrogens with one attached hydrogen (secondary N) is 1. The van der Waals surface area contributed by atoms with E-state index in [-0.39, 0.29) is 11.8 Å². The monoisotopic (exact) mass is 305 g/mol. The first-order valence-corrected chi connectivity index (χ1v) is 8.06. The number of pyridine rings is 1. The molecule has 5 nitrogen and oxygen atoms in total. The summed E-state index contributed by atoms with van der Waals surface area (Å²) in [6.07, 6.45) is 4.32. The second-order valence-corrected chi connectivity index (χ2v) is 5.79. The maximum atomic E-state index is 12.4. The van der Waals surface area contributed by atoms with E-state index in [1.807, 2.05) is 19.1 Å². The molecule has 112 valence electrons. The van der Waals surface area contributed by atoms with E-state index in [9.17, 15) is 9.59 Å². The Morgan fingerprint density at radius 1 is 1.52 bits per heavy atom. The fraction of sp³-hybridized carbons (Fsp3) is 0.400. The first-order chi connectivity index (χ1) is 10.1. The van der Waals surface area contributed by atoms with Crippen LogP contribution in [0, 0.1) is 0 Å². The molecule has 2 amide bonds. The molecule has 0 bridgehead atoms. The molecular weight excluding hydrogens is 286 g/mol. The molecule has 0 saturated carbocycles. The van der Waals surface area contributed by atoms with Crippen LogP contribution < -0.4 is 5.32 Å². The summed E-state index contributed by atoms with van der Waals surface area (Å²) in [7, 11) is 0. The number of rotatable bonds is 4. The molecule has 1 N–H and O–H groups in total. The quantitative estimate of drug-likeness (QED) is 0.867. The fourth-order valence-corrected chi connectivity index (χ4v) is 3.28. The molecule has 0 aromatic carbocycles. The molecule has 1 aromatic heterocycles. The van der Waals surface area contributed by atoms with Gasteiger partial charge in [-0.3, -0.25) is 9.59 Å². The second kappa shape index (κ2) is 7.26. The van der Waals surface area contributed by atoms with Crippen LogP contribution in [0.15, 0.2) is 36.0 Å². The topological polar surface area (TPSA) is 62.3 Å². The van der Waals surface area contributed by atoms with Gasteiger partial charge in [0.1, 0.15) is 11.9 Å². The van der Waals surface area contributed by atoms with Crippen molar-refractivity contribution in [3.8, 4) is 0 Å². The Kier molecular flexibility index (Phi) is 5.38. The molecule has 21 heavy (non-hydrogen) atoms. The van der Waals surface area contributed by atoms with Crippen molar-refractivity contribution in [3.63, 3.8) is 0 Å². The highest BCUT2D eigenvalue weighted by atomic mass is 32.2. The summed E-state index contributed by atoms with van der Waals surface area (Å²) >= 11 is 1.59. The second-order valence-electron chi connectivity index (χ2n) is 4.79. The van der Waals surface area contributed by atoms with Crippen LogP contribution in [-0.4, -0.2) is 39.4 Å². The van der Waals surface area contributed by atoms with Crippen LogP contribution in [-0.2, 0) is 9.59 Å². The number of thioether (sulfide) groups is 1. The van der Waals surface area contributed by atoms with Crippen molar-refractivity contribution >= 4 is 29.4 Å². The summed E-state index contributed by atoms with van der Waals surface area (Å²) in [5, 5.41) is 2.76. The highest BCUT2D eigenvalue weighted by Crippen LogP contribution is 2.23. The number of amides is 2. The number of carbonyl (C=O) groups excluding carboxylic acids is 2. The predicted molar refractivity (Wildman–Crippen MR) is 84.9 cm³/mol. The van der Waals surface area contributed by atoms with E-state index in [1.54, 1.807) is 41.9 Å². The fourth-order valence-electron chi connectivity index (χ4n) is 2.13. The summed E-state index contributed by atoms with van der Waals surface area (Å²) < 4.78 is 0. The average Bonchev–Trinajstić information content (AvgIpc) is 2.97. The summed E-state index contributed by atoms with van der Waals surface area (Å²) in [6, 6.07) is 4.89.